The second-order valence-corrected chi connectivity index (χ2v) is 5.50. The van der Waals surface area contributed by atoms with Gasteiger partial charge in [-0.1, -0.05) is 6.92 Å². The molecule has 0 bridgehead atoms. The van der Waals surface area contributed by atoms with Crippen molar-refractivity contribution < 1.29 is 4.79 Å². The number of hydrogen-bond donors (Lipinski definition) is 2. The molecule has 20 heavy (non-hydrogen) atoms. The molecule has 1 aromatic carbocycles. The summed E-state index contributed by atoms with van der Waals surface area (Å²) in [7, 11) is 1.76. The first-order valence-corrected chi connectivity index (χ1v) is 7.11. The minimum atomic E-state index is -0.205. The summed E-state index contributed by atoms with van der Waals surface area (Å²) in [6, 6.07) is 5.42. The Bertz CT molecular complexity index is 663. The van der Waals surface area contributed by atoms with Gasteiger partial charge in [0.15, 0.2) is 0 Å². The summed E-state index contributed by atoms with van der Waals surface area (Å²) in [5.74, 6) is -0.205. The van der Waals surface area contributed by atoms with Crippen LogP contribution in [0.1, 0.15) is 28.7 Å². The second-order valence-electron chi connectivity index (χ2n) is 4.64. The number of carbonyl (C=O) groups is 1. The SMILES string of the molecule is CCc1cc(C(=O)Nc2cc(N)c(C)cc2Br)n(C)n1. The van der Waals surface area contributed by atoms with Gasteiger partial charge >= 0.3 is 0 Å². The average molecular weight is 337 g/mol. The number of benzene rings is 1. The Morgan fingerprint density at radius 2 is 2.15 bits per heavy atom. The highest BCUT2D eigenvalue weighted by Gasteiger charge is 2.14. The quantitative estimate of drug-likeness (QED) is 0.846. The Balaban J connectivity index is 2.27. The summed E-state index contributed by atoms with van der Waals surface area (Å²) in [5, 5.41) is 7.11. The Morgan fingerprint density at radius 3 is 2.75 bits per heavy atom. The van der Waals surface area contributed by atoms with Crippen LogP contribution in [0, 0.1) is 6.92 Å². The number of halogens is 1. The van der Waals surface area contributed by atoms with E-state index in [9.17, 15) is 4.79 Å². The van der Waals surface area contributed by atoms with E-state index < -0.39 is 0 Å². The molecule has 0 aliphatic carbocycles. The van der Waals surface area contributed by atoms with Crippen molar-refractivity contribution in [3.8, 4) is 0 Å². The molecule has 1 aromatic heterocycles. The zero-order chi connectivity index (χ0) is 14.9. The molecule has 2 aromatic rings. The van der Waals surface area contributed by atoms with Gasteiger partial charge in [0, 0.05) is 17.2 Å². The first-order valence-electron chi connectivity index (χ1n) is 6.32. The normalized spacial score (nSPS) is 10.6. The van der Waals surface area contributed by atoms with Crippen molar-refractivity contribution >= 4 is 33.2 Å². The van der Waals surface area contributed by atoms with Gasteiger partial charge in [0.25, 0.3) is 5.91 Å². The summed E-state index contributed by atoms with van der Waals surface area (Å²) in [6.07, 6.45) is 0.794. The first-order chi connectivity index (χ1) is 9.42. The van der Waals surface area contributed by atoms with Gasteiger partial charge in [-0.15, -0.1) is 0 Å². The number of rotatable bonds is 3. The van der Waals surface area contributed by atoms with Crippen LogP contribution in [0.5, 0.6) is 0 Å². The predicted octanol–water partition coefficient (Wildman–Crippen LogP) is 2.89. The second kappa shape index (κ2) is 5.66. The van der Waals surface area contributed by atoms with Crippen LogP contribution in [-0.4, -0.2) is 15.7 Å². The van der Waals surface area contributed by atoms with E-state index in [1.807, 2.05) is 19.9 Å². The zero-order valence-electron chi connectivity index (χ0n) is 11.7. The molecule has 6 heteroatoms. The van der Waals surface area contributed by atoms with Gasteiger partial charge in [-0.05, 0) is 53.0 Å². The Hall–Kier alpha value is -1.82. The summed E-state index contributed by atoms with van der Waals surface area (Å²) < 4.78 is 2.38. The Kier molecular flexibility index (Phi) is 4.13. The highest BCUT2D eigenvalue weighted by Crippen LogP contribution is 2.28. The lowest BCUT2D eigenvalue weighted by molar-refractivity contribution is 0.101. The van der Waals surface area contributed by atoms with Gasteiger partial charge in [0.1, 0.15) is 5.69 Å². The molecule has 0 saturated heterocycles. The molecule has 0 aliphatic heterocycles. The maximum Gasteiger partial charge on any atom is 0.273 e. The summed E-state index contributed by atoms with van der Waals surface area (Å²) in [6.45, 7) is 3.92. The lowest BCUT2D eigenvalue weighted by atomic mass is 10.2. The number of carbonyl (C=O) groups excluding carboxylic acids is 1. The van der Waals surface area contributed by atoms with Crippen LogP contribution in [0.2, 0.25) is 0 Å². The van der Waals surface area contributed by atoms with E-state index in [1.54, 1.807) is 23.9 Å². The highest BCUT2D eigenvalue weighted by molar-refractivity contribution is 9.10. The molecule has 0 atom stereocenters. The minimum Gasteiger partial charge on any atom is -0.398 e. The molecule has 106 valence electrons. The molecular weight excluding hydrogens is 320 g/mol. The molecule has 0 aliphatic rings. The van der Waals surface area contributed by atoms with E-state index in [0.29, 0.717) is 17.1 Å². The van der Waals surface area contributed by atoms with Crippen molar-refractivity contribution in [2.75, 3.05) is 11.1 Å². The van der Waals surface area contributed by atoms with Gasteiger partial charge in [0.05, 0.1) is 11.4 Å². The van der Waals surface area contributed by atoms with Crippen molar-refractivity contribution in [3.63, 3.8) is 0 Å². The predicted molar refractivity (Wildman–Crippen MR) is 83.8 cm³/mol. The summed E-state index contributed by atoms with van der Waals surface area (Å²) in [4.78, 5) is 12.3. The van der Waals surface area contributed by atoms with Gasteiger partial charge in [-0.2, -0.15) is 5.10 Å². The fourth-order valence-electron chi connectivity index (χ4n) is 1.88. The smallest absolute Gasteiger partial charge is 0.273 e. The van der Waals surface area contributed by atoms with Crippen molar-refractivity contribution in [1.29, 1.82) is 0 Å². The number of amides is 1. The molecule has 3 N–H and O–H groups in total. The van der Waals surface area contributed by atoms with E-state index in [-0.39, 0.29) is 5.91 Å². The van der Waals surface area contributed by atoms with Crippen molar-refractivity contribution in [2.24, 2.45) is 7.05 Å². The van der Waals surface area contributed by atoms with Gasteiger partial charge in [0.2, 0.25) is 0 Å². The number of nitrogens with two attached hydrogens (primary N) is 1. The molecule has 2 rings (SSSR count). The standard InChI is InChI=1S/C14H17BrN4O/c1-4-9-6-13(19(3)18-9)14(20)17-12-7-11(16)8(2)5-10(12)15/h5-7H,4,16H2,1-3H3,(H,17,20). The van der Waals surface area contributed by atoms with E-state index in [4.69, 9.17) is 5.73 Å². The number of nitrogen functional groups attached to an aromatic ring is 1. The van der Waals surface area contributed by atoms with E-state index in [1.165, 1.54) is 0 Å². The van der Waals surface area contributed by atoms with E-state index in [2.05, 4.69) is 26.3 Å². The van der Waals surface area contributed by atoms with Crippen molar-refractivity contribution in [1.82, 2.24) is 9.78 Å². The molecule has 0 saturated carbocycles. The van der Waals surface area contributed by atoms with Crippen molar-refractivity contribution in [2.45, 2.75) is 20.3 Å². The number of hydrogen-bond acceptors (Lipinski definition) is 3. The number of anilines is 2. The van der Waals surface area contributed by atoms with Crippen LogP contribution in [0.3, 0.4) is 0 Å². The molecule has 0 fully saturated rings. The van der Waals surface area contributed by atoms with Crippen LogP contribution < -0.4 is 11.1 Å². The Labute approximate surface area is 126 Å². The fourth-order valence-corrected chi connectivity index (χ4v) is 2.44. The van der Waals surface area contributed by atoms with E-state index >= 15 is 0 Å². The number of aromatic nitrogens is 2. The van der Waals surface area contributed by atoms with Crippen LogP contribution in [-0.2, 0) is 13.5 Å². The van der Waals surface area contributed by atoms with Crippen LogP contribution in [0.15, 0.2) is 22.7 Å². The fraction of sp³-hybridized carbons (Fsp3) is 0.286. The maximum atomic E-state index is 12.3. The molecule has 0 radical (unpaired) electrons. The van der Waals surface area contributed by atoms with Gasteiger partial charge in [-0.3, -0.25) is 9.48 Å². The Morgan fingerprint density at radius 1 is 1.45 bits per heavy atom. The lowest BCUT2D eigenvalue weighted by Gasteiger charge is -2.10. The third kappa shape index (κ3) is 2.85. The third-order valence-corrected chi connectivity index (χ3v) is 3.79. The molecule has 1 amide bonds. The number of aryl methyl sites for hydroxylation is 3. The molecular formula is C14H17BrN4O. The third-order valence-electron chi connectivity index (χ3n) is 3.13. The van der Waals surface area contributed by atoms with Crippen LogP contribution in [0.4, 0.5) is 11.4 Å². The first kappa shape index (κ1) is 14.6. The molecule has 0 spiro atoms. The highest BCUT2D eigenvalue weighted by atomic mass is 79.9. The maximum absolute atomic E-state index is 12.3. The summed E-state index contributed by atoms with van der Waals surface area (Å²) >= 11 is 3.43. The van der Waals surface area contributed by atoms with Crippen molar-refractivity contribution in [3.05, 3.63) is 39.6 Å². The van der Waals surface area contributed by atoms with Gasteiger partial charge in [-0.25, -0.2) is 0 Å². The van der Waals surface area contributed by atoms with E-state index in [0.717, 1.165) is 22.2 Å². The zero-order valence-corrected chi connectivity index (χ0v) is 13.3. The van der Waals surface area contributed by atoms with Crippen LogP contribution >= 0.6 is 15.9 Å². The summed E-state index contributed by atoms with van der Waals surface area (Å²) in [5.41, 5.74) is 9.53. The molecule has 0 unspecified atom stereocenters. The number of nitrogens with one attached hydrogen (secondary N) is 1. The minimum absolute atomic E-state index is 0.205. The van der Waals surface area contributed by atoms with Crippen LogP contribution in [0.25, 0.3) is 0 Å². The monoisotopic (exact) mass is 336 g/mol. The average Bonchev–Trinajstić information content (AvgIpc) is 2.77. The molecule has 5 nitrogen and oxygen atoms in total. The number of nitrogens with zero attached hydrogens (tertiary/aromatic N) is 2. The van der Waals surface area contributed by atoms with Gasteiger partial charge < -0.3 is 11.1 Å². The lowest BCUT2D eigenvalue weighted by Crippen LogP contribution is -2.16. The topological polar surface area (TPSA) is 72.9 Å². The molecule has 1 heterocycles. The largest absolute Gasteiger partial charge is 0.398 e.